The van der Waals surface area contributed by atoms with Gasteiger partial charge in [0.15, 0.2) is 5.82 Å². The van der Waals surface area contributed by atoms with Crippen LogP contribution in [-0.2, 0) is 4.74 Å². The fourth-order valence-electron chi connectivity index (χ4n) is 2.54. The predicted molar refractivity (Wildman–Crippen MR) is 86.0 cm³/mol. The van der Waals surface area contributed by atoms with Crippen molar-refractivity contribution in [2.75, 3.05) is 18.4 Å². The number of carbonyl (C=O) groups is 1. The van der Waals surface area contributed by atoms with E-state index in [1.165, 1.54) is 0 Å². The Morgan fingerprint density at radius 3 is 2.73 bits per heavy atom. The summed E-state index contributed by atoms with van der Waals surface area (Å²) in [6, 6.07) is 2.18. The second-order valence-electron chi connectivity index (χ2n) is 6.93. The van der Waals surface area contributed by atoms with E-state index in [0.29, 0.717) is 6.54 Å². The lowest BCUT2D eigenvalue weighted by molar-refractivity contribution is 0.0206. The third kappa shape index (κ3) is 4.58. The molecule has 2 heterocycles. The van der Waals surface area contributed by atoms with Gasteiger partial charge in [-0.05, 0) is 59.1 Å². The Labute approximate surface area is 132 Å². The minimum atomic E-state index is -0.462. The van der Waals surface area contributed by atoms with E-state index in [0.717, 1.165) is 36.5 Å². The standard InChI is InChI=1S/C16H26N4O2/c1-11-9-12(2)18-19-14(11)17-13-7-6-8-20(10-13)15(21)22-16(3,4)5/h9,13H,6-8,10H2,1-5H3,(H,17,19). The third-order valence-electron chi connectivity index (χ3n) is 3.52. The molecule has 1 aliphatic heterocycles. The number of amides is 1. The first-order chi connectivity index (χ1) is 10.2. The van der Waals surface area contributed by atoms with Crippen LogP contribution in [0.2, 0.25) is 0 Å². The summed E-state index contributed by atoms with van der Waals surface area (Å²) in [7, 11) is 0. The summed E-state index contributed by atoms with van der Waals surface area (Å²) in [4.78, 5) is 13.9. The molecule has 1 aliphatic rings. The van der Waals surface area contributed by atoms with E-state index >= 15 is 0 Å². The highest BCUT2D eigenvalue weighted by atomic mass is 16.6. The molecular weight excluding hydrogens is 280 g/mol. The summed E-state index contributed by atoms with van der Waals surface area (Å²) >= 11 is 0. The quantitative estimate of drug-likeness (QED) is 0.910. The molecular formula is C16H26N4O2. The van der Waals surface area contributed by atoms with Crippen LogP contribution >= 0.6 is 0 Å². The Kier molecular flexibility index (Phi) is 4.88. The number of piperidine rings is 1. The molecule has 0 radical (unpaired) electrons. The van der Waals surface area contributed by atoms with Gasteiger partial charge in [-0.3, -0.25) is 0 Å². The van der Waals surface area contributed by atoms with Crippen molar-refractivity contribution in [3.05, 3.63) is 17.3 Å². The molecule has 1 aromatic heterocycles. The molecule has 0 bridgehead atoms. The molecule has 0 aliphatic carbocycles. The second-order valence-corrected chi connectivity index (χ2v) is 6.93. The normalized spacial score (nSPS) is 19.0. The highest BCUT2D eigenvalue weighted by Crippen LogP contribution is 2.19. The van der Waals surface area contributed by atoms with E-state index in [4.69, 9.17) is 4.74 Å². The van der Waals surface area contributed by atoms with Gasteiger partial charge in [-0.25, -0.2) is 4.79 Å². The molecule has 122 valence electrons. The summed E-state index contributed by atoms with van der Waals surface area (Å²) in [5.74, 6) is 0.793. The number of carbonyl (C=O) groups excluding carboxylic acids is 1. The molecule has 1 fully saturated rings. The Balaban J connectivity index is 1.97. The zero-order chi connectivity index (χ0) is 16.3. The third-order valence-corrected chi connectivity index (χ3v) is 3.52. The molecule has 1 saturated heterocycles. The number of hydrogen-bond donors (Lipinski definition) is 1. The van der Waals surface area contributed by atoms with Gasteiger partial charge in [0.1, 0.15) is 5.60 Å². The molecule has 1 N–H and O–H groups in total. The maximum absolute atomic E-state index is 12.2. The van der Waals surface area contributed by atoms with Gasteiger partial charge in [0.25, 0.3) is 0 Å². The monoisotopic (exact) mass is 306 g/mol. The van der Waals surface area contributed by atoms with Crippen LogP contribution in [0.1, 0.15) is 44.9 Å². The van der Waals surface area contributed by atoms with Crippen LogP contribution in [0, 0.1) is 13.8 Å². The van der Waals surface area contributed by atoms with Crippen LogP contribution in [0.4, 0.5) is 10.6 Å². The van der Waals surface area contributed by atoms with Crippen molar-refractivity contribution in [2.24, 2.45) is 0 Å². The summed E-state index contributed by atoms with van der Waals surface area (Å²) in [5, 5.41) is 11.7. The molecule has 6 heteroatoms. The minimum absolute atomic E-state index is 0.178. The average molecular weight is 306 g/mol. The maximum Gasteiger partial charge on any atom is 0.410 e. The highest BCUT2D eigenvalue weighted by Gasteiger charge is 2.27. The molecule has 1 amide bonds. The van der Waals surface area contributed by atoms with Gasteiger partial charge >= 0.3 is 6.09 Å². The highest BCUT2D eigenvalue weighted by molar-refractivity contribution is 5.68. The first-order valence-corrected chi connectivity index (χ1v) is 7.80. The van der Waals surface area contributed by atoms with Crippen molar-refractivity contribution >= 4 is 11.9 Å². The number of nitrogens with zero attached hydrogens (tertiary/aromatic N) is 3. The lowest BCUT2D eigenvalue weighted by atomic mass is 10.1. The maximum atomic E-state index is 12.2. The number of aromatic nitrogens is 2. The number of anilines is 1. The topological polar surface area (TPSA) is 67.4 Å². The second kappa shape index (κ2) is 6.50. The molecule has 1 atom stereocenters. The molecule has 0 saturated carbocycles. The van der Waals surface area contributed by atoms with E-state index in [9.17, 15) is 4.79 Å². The van der Waals surface area contributed by atoms with Crippen LogP contribution in [0.3, 0.4) is 0 Å². The lowest BCUT2D eigenvalue weighted by Crippen LogP contribution is -2.47. The van der Waals surface area contributed by atoms with E-state index in [2.05, 4.69) is 15.5 Å². The molecule has 1 unspecified atom stereocenters. The van der Waals surface area contributed by atoms with Gasteiger partial charge < -0.3 is 15.0 Å². The minimum Gasteiger partial charge on any atom is -0.444 e. The van der Waals surface area contributed by atoms with Gasteiger partial charge in [-0.15, -0.1) is 5.10 Å². The van der Waals surface area contributed by atoms with Gasteiger partial charge in [0, 0.05) is 19.1 Å². The summed E-state index contributed by atoms with van der Waals surface area (Å²) in [5.41, 5.74) is 1.51. The van der Waals surface area contributed by atoms with Crippen LogP contribution in [-0.4, -0.2) is 45.9 Å². The number of rotatable bonds is 2. The first-order valence-electron chi connectivity index (χ1n) is 7.80. The van der Waals surface area contributed by atoms with Crippen molar-refractivity contribution < 1.29 is 9.53 Å². The van der Waals surface area contributed by atoms with Crippen LogP contribution in [0.25, 0.3) is 0 Å². The largest absolute Gasteiger partial charge is 0.444 e. The van der Waals surface area contributed by atoms with Crippen molar-refractivity contribution in [1.82, 2.24) is 15.1 Å². The Hall–Kier alpha value is -1.85. The molecule has 22 heavy (non-hydrogen) atoms. The Morgan fingerprint density at radius 2 is 2.09 bits per heavy atom. The number of likely N-dealkylation sites (tertiary alicyclic amines) is 1. The SMILES string of the molecule is Cc1cc(C)c(NC2CCCN(C(=O)OC(C)(C)C)C2)nn1. The number of ether oxygens (including phenoxy) is 1. The van der Waals surface area contributed by atoms with Crippen molar-refractivity contribution in [2.45, 2.75) is 59.1 Å². The van der Waals surface area contributed by atoms with Gasteiger partial charge in [0.05, 0.1) is 5.69 Å². The average Bonchev–Trinajstić information content (AvgIpc) is 2.40. The molecule has 0 aromatic carbocycles. The van der Waals surface area contributed by atoms with Crippen molar-refractivity contribution in [3.63, 3.8) is 0 Å². The predicted octanol–water partition coefficient (Wildman–Crippen LogP) is 2.90. The van der Waals surface area contributed by atoms with E-state index in [1.807, 2.05) is 40.7 Å². The summed E-state index contributed by atoms with van der Waals surface area (Å²) in [6.45, 7) is 11.0. The fourth-order valence-corrected chi connectivity index (χ4v) is 2.54. The number of hydrogen-bond acceptors (Lipinski definition) is 5. The Morgan fingerprint density at radius 1 is 1.36 bits per heavy atom. The molecule has 6 nitrogen and oxygen atoms in total. The van der Waals surface area contributed by atoms with Crippen molar-refractivity contribution in [1.29, 1.82) is 0 Å². The van der Waals surface area contributed by atoms with E-state index in [1.54, 1.807) is 4.90 Å². The molecule has 2 rings (SSSR count). The molecule has 1 aromatic rings. The zero-order valence-corrected chi connectivity index (χ0v) is 14.1. The summed E-state index contributed by atoms with van der Waals surface area (Å²) < 4.78 is 5.45. The zero-order valence-electron chi connectivity index (χ0n) is 14.1. The number of nitrogens with one attached hydrogen (secondary N) is 1. The number of aryl methyl sites for hydroxylation is 2. The first kappa shape index (κ1) is 16.5. The van der Waals surface area contributed by atoms with E-state index < -0.39 is 5.60 Å². The fraction of sp³-hybridized carbons (Fsp3) is 0.688. The van der Waals surface area contributed by atoms with Gasteiger partial charge in [-0.2, -0.15) is 5.10 Å². The van der Waals surface area contributed by atoms with Gasteiger partial charge in [-0.1, -0.05) is 0 Å². The van der Waals surface area contributed by atoms with Crippen LogP contribution in [0.5, 0.6) is 0 Å². The Bertz CT molecular complexity index is 539. The van der Waals surface area contributed by atoms with E-state index in [-0.39, 0.29) is 12.1 Å². The lowest BCUT2D eigenvalue weighted by Gasteiger charge is -2.34. The van der Waals surface area contributed by atoms with Crippen molar-refractivity contribution in [3.8, 4) is 0 Å². The van der Waals surface area contributed by atoms with Gasteiger partial charge in [0.2, 0.25) is 0 Å². The van der Waals surface area contributed by atoms with Crippen LogP contribution in [0.15, 0.2) is 6.07 Å². The molecule has 0 spiro atoms. The van der Waals surface area contributed by atoms with Crippen LogP contribution < -0.4 is 5.32 Å². The summed E-state index contributed by atoms with van der Waals surface area (Å²) in [6.07, 6.45) is 1.72. The smallest absolute Gasteiger partial charge is 0.410 e.